The predicted octanol–water partition coefficient (Wildman–Crippen LogP) is 8.30. The first-order valence-electron chi connectivity index (χ1n) is 16.6. The number of fused-ring (bicyclic) bond motifs is 1. The average Bonchev–Trinajstić information content (AvgIpc) is 3.36. The second kappa shape index (κ2) is 14.8. The molecule has 0 atom stereocenters. The fourth-order valence-corrected chi connectivity index (χ4v) is 6.07. The molecule has 1 fully saturated rings. The van der Waals surface area contributed by atoms with Gasteiger partial charge in [-0.15, -0.1) is 0 Å². The van der Waals surface area contributed by atoms with Crippen molar-refractivity contribution in [3.63, 3.8) is 0 Å². The number of anilines is 1. The van der Waals surface area contributed by atoms with Gasteiger partial charge in [0.05, 0.1) is 16.6 Å². The number of imidazole rings is 1. The molecule has 1 aliphatic carbocycles. The molecule has 7 nitrogen and oxygen atoms in total. The van der Waals surface area contributed by atoms with E-state index in [0.717, 1.165) is 71.3 Å². The maximum Gasteiger partial charge on any atom is 0.339 e. The van der Waals surface area contributed by atoms with Crippen LogP contribution in [0.2, 0.25) is 0 Å². The van der Waals surface area contributed by atoms with Gasteiger partial charge in [-0.05, 0) is 81.0 Å². The molecule has 0 unspecified atom stereocenters. The highest BCUT2D eigenvalue weighted by atomic mass is 16.6. The van der Waals surface area contributed by atoms with Crippen molar-refractivity contribution in [2.24, 2.45) is 0 Å². The van der Waals surface area contributed by atoms with Crippen LogP contribution in [0.25, 0.3) is 22.2 Å². The Bertz CT molecular complexity index is 1590. The maximum absolute atomic E-state index is 12.9. The zero-order chi connectivity index (χ0) is 31.8. The van der Waals surface area contributed by atoms with Gasteiger partial charge in [0.15, 0.2) is 0 Å². The fraction of sp³-hybridized carbons (Fsp3) is 0.447. The summed E-state index contributed by atoms with van der Waals surface area (Å²) in [6, 6.07) is 22.6. The fourth-order valence-electron chi connectivity index (χ4n) is 6.07. The summed E-state index contributed by atoms with van der Waals surface area (Å²) in [5, 5.41) is 6.67. The number of aromatic nitrogens is 2. The van der Waals surface area contributed by atoms with Crippen LogP contribution in [-0.4, -0.2) is 39.6 Å². The number of rotatable bonds is 12. The Hall–Kier alpha value is -4.13. The average molecular weight is 609 g/mol. The van der Waals surface area contributed by atoms with E-state index in [1.165, 1.54) is 19.3 Å². The number of carbonyl (C=O) groups is 2. The van der Waals surface area contributed by atoms with Gasteiger partial charge in [0.25, 0.3) is 0 Å². The molecule has 4 aromatic rings. The first-order valence-corrected chi connectivity index (χ1v) is 16.6. The molecule has 0 saturated heterocycles. The smallest absolute Gasteiger partial charge is 0.339 e. The van der Waals surface area contributed by atoms with Crippen LogP contribution in [0.4, 0.5) is 5.69 Å². The van der Waals surface area contributed by atoms with E-state index >= 15 is 0 Å². The minimum Gasteiger partial charge on any atom is -0.456 e. The molecule has 1 saturated carbocycles. The van der Waals surface area contributed by atoms with E-state index in [2.05, 4.69) is 64.6 Å². The van der Waals surface area contributed by atoms with Crippen molar-refractivity contribution in [2.45, 2.75) is 104 Å². The molecule has 5 rings (SSSR count). The third-order valence-electron chi connectivity index (χ3n) is 8.38. The van der Waals surface area contributed by atoms with E-state index in [4.69, 9.17) is 9.72 Å². The lowest BCUT2D eigenvalue weighted by Gasteiger charge is -2.22. The maximum atomic E-state index is 12.9. The van der Waals surface area contributed by atoms with Crippen LogP contribution in [0.5, 0.6) is 0 Å². The van der Waals surface area contributed by atoms with Crippen molar-refractivity contribution >= 4 is 28.6 Å². The molecular formula is C38H48N4O3. The molecule has 1 aliphatic rings. The number of unbranched alkanes of at least 4 members (excludes halogenated alkanes) is 1. The van der Waals surface area contributed by atoms with Gasteiger partial charge in [0.2, 0.25) is 5.91 Å². The van der Waals surface area contributed by atoms with Crippen LogP contribution in [0.3, 0.4) is 0 Å². The Balaban J connectivity index is 1.31. The Morgan fingerprint density at radius 1 is 0.978 bits per heavy atom. The van der Waals surface area contributed by atoms with E-state index in [1.807, 2.05) is 45.0 Å². The van der Waals surface area contributed by atoms with Gasteiger partial charge in [-0.3, -0.25) is 4.79 Å². The summed E-state index contributed by atoms with van der Waals surface area (Å²) in [4.78, 5) is 30.4. The molecule has 0 aliphatic heterocycles. The van der Waals surface area contributed by atoms with Gasteiger partial charge in [-0.2, -0.15) is 0 Å². The van der Waals surface area contributed by atoms with Crippen molar-refractivity contribution < 1.29 is 14.3 Å². The summed E-state index contributed by atoms with van der Waals surface area (Å²) in [5.41, 5.74) is 6.04. The SMILES string of the molecule is CCCCc1nc2ccc(NCCC(=O)NC3CCCCC3)cc2n1Cc1ccc(-c2ccccc2C(=O)OC(C)(C)C)cc1. The van der Waals surface area contributed by atoms with E-state index in [1.54, 1.807) is 0 Å². The Kier molecular flexibility index (Phi) is 10.6. The van der Waals surface area contributed by atoms with Crippen molar-refractivity contribution in [3.8, 4) is 11.1 Å². The summed E-state index contributed by atoms with van der Waals surface area (Å²) in [7, 11) is 0. The first kappa shape index (κ1) is 32.3. The van der Waals surface area contributed by atoms with Crippen molar-refractivity contribution in [2.75, 3.05) is 11.9 Å². The number of nitrogens with zero attached hydrogens (tertiary/aromatic N) is 2. The van der Waals surface area contributed by atoms with Gasteiger partial charge in [0, 0.05) is 37.7 Å². The largest absolute Gasteiger partial charge is 0.456 e. The number of carbonyl (C=O) groups excluding carboxylic acids is 2. The van der Waals surface area contributed by atoms with Crippen LogP contribution in [0, 0.1) is 0 Å². The third kappa shape index (κ3) is 8.74. The number of ether oxygens (including phenoxy) is 1. The number of amides is 1. The molecule has 1 aromatic heterocycles. The minimum absolute atomic E-state index is 0.125. The zero-order valence-electron chi connectivity index (χ0n) is 27.3. The number of hydrogen-bond acceptors (Lipinski definition) is 5. The van der Waals surface area contributed by atoms with Gasteiger partial charge < -0.3 is 19.9 Å². The lowest BCUT2D eigenvalue weighted by atomic mass is 9.95. The molecule has 3 aromatic carbocycles. The van der Waals surface area contributed by atoms with Crippen LogP contribution in [0.15, 0.2) is 66.7 Å². The molecule has 7 heteroatoms. The summed E-state index contributed by atoms with van der Waals surface area (Å²) in [5.74, 6) is 0.886. The summed E-state index contributed by atoms with van der Waals surface area (Å²) in [6.07, 6.45) is 9.45. The van der Waals surface area contributed by atoms with E-state index in [9.17, 15) is 9.59 Å². The summed E-state index contributed by atoms with van der Waals surface area (Å²) in [6.45, 7) is 9.13. The molecule has 1 amide bonds. The molecule has 2 N–H and O–H groups in total. The lowest BCUT2D eigenvalue weighted by molar-refractivity contribution is -0.121. The molecule has 0 bridgehead atoms. The molecule has 238 valence electrons. The van der Waals surface area contributed by atoms with Crippen molar-refractivity contribution in [1.29, 1.82) is 0 Å². The highest BCUT2D eigenvalue weighted by molar-refractivity contribution is 5.97. The van der Waals surface area contributed by atoms with Crippen molar-refractivity contribution in [1.82, 2.24) is 14.9 Å². The van der Waals surface area contributed by atoms with Crippen LogP contribution < -0.4 is 10.6 Å². The van der Waals surface area contributed by atoms with E-state index < -0.39 is 5.60 Å². The molecule has 0 spiro atoms. The second-order valence-electron chi connectivity index (χ2n) is 13.2. The summed E-state index contributed by atoms with van der Waals surface area (Å²) < 4.78 is 7.98. The highest BCUT2D eigenvalue weighted by Gasteiger charge is 2.21. The van der Waals surface area contributed by atoms with Crippen LogP contribution in [-0.2, 0) is 22.5 Å². The normalized spacial score (nSPS) is 14.0. The number of benzene rings is 3. The lowest BCUT2D eigenvalue weighted by Crippen LogP contribution is -2.36. The monoisotopic (exact) mass is 608 g/mol. The Labute approximate surface area is 267 Å². The number of hydrogen-bond donors (Lipinski definition) is 2. The van der Waals surface area contributed by atoms with Gasteiger partial charge in [-0.25, -0.2) is 9.78 Å². The van der Waals surface area contributed by atoms with Gasteiger partial charge in [-0.1, -0.05) is 75.1 Å². The number of esters is 1. The molecule has 1 heterocycles. The predicted molar refractivity (Wildman–Crippen MR) is 183 cm³/mol. The molecule has 45 heavy (non-hydrogen) atoms. The molecular weight excluding hydrogens is 560 g/mol. The summed E-state index contributed by atoms with van der Waals surface area (Å²) >= 11 is 0. The number of nitrogens with one attached hydrogen (secondary N) is 2. The number of aryl methyl sites for hydroxylation is 1. The quantitative estimate of drug-likeness (QED) is 0.158. The van der Waals surface area contributed by atoms with E-state index in [0.29, 0.717) is 31.1 Å². The van der Waals surface area contributed by atoms with Crippen LogP contribution in [0.1, 0.15) is 101 Å². The first-order chi connectivity index (χ1) is 21.7. The minimum atomic E-state index is -0.560. The van der Waals surface area contributed by atoms with Gasteiger partial charge in [0.1, 0.15) is 11.4 Å². The third-order valence-corrected chi connectivity index (χ3v) is 8.38. The van der Waals surface area contributed by atoms with E-state index in [-0.39, 0.29) is 11.9 Å². The topological polar surface area (TPSA) is 85.3 Å². The Morgan fingerprint density at radius 2 is 1.73 bits per heavy atom. The Morgan fingerprint density at radius 3 is 2.47 bits per heavy atom. The zero-order valence-corrected chi connectivity index (χ0v) is 27.3. The highest BCUT2D eigenvalue weighted by Crippen LogP contribution is 2.28. The van der Waals surface area contributed by atoms with Crippen LogP contribution >= 0.6 is 0 Å². The standard InChI is InChI=1S/C38H48N4O3/c1-5-6-16-35-41-33-22-21-30(39-24-23-36(43)40-29-12-8-7-9-13-29)25-34(33)42(35)26-27-17-19-28(20-18-27)31-14-10-11-15-32(31)37(44)45-38(2,3)4/h10-11,14-15,17-22,25,29,39H,5-9,12-13,16,23-24,26H2,1-4H3,(H,40,43). The van der Waals surface area contributed by atoms with Gasteiger partial charge >= 0.3 is 5.97 Å². The molecule has 0 radical (unpaired) electrons. The van der Waals surface area contributed by atoms with Crippen molar-refractivity contribution in [3.05, 3.63) is 83.7 Å². The second-order valence-corrected chi connectivity index (χ2v) is 13.2.